The van der Waals surface area contributed by atoms with Gasteiger partial charge in [0.15, 0.2) is 0 Å². The van der Waals surface area contributed by atoms with E-state index in [0.717, 1.165) is 5.69 Å². The maximum atomic E-state index is 9.16. The molecule has 0 aliphatic carbocycles. The van der Waals surface area contributed by atoms with Crippen molar-refractivity contribution in [3.8, 4) is 0 Å². The third-order valence-corrected chi connectivity index (χ3v) is 4.53. The maximum Gasteiger partial charge on any atom is 0.110 e. The first kappa shape index (κ1) is 13.0. The summed E-state index contributed by atoms with van der Waals surface area (Å²) in [5.74, 6) is 0.161. The Bertz CT molecular complexity index is 364. The first-order valence-corrected chi connectivity index (χ1v) is 7.33. The van der Waals surface area contributed by atoms with Crippen molar-refractivity contribution in [1.29, 1.82) is 0 Å². The number of aromatic nitrogens is 1. The van der Waals surface area contributed by atoms with Gasteiger partial charge in [0.2, 0.25) is 0 Å². The zero-order valence-corrected chi connectivity index (χ0v) is 11.7. The van der Waals surface area contributed by atoms with E-state index in [1.165, 1.54) is 24.4 Å². The Hall–Kier alpha value is -0.450. The molecule has 0 bridgehead atoms. The van der Waals surface area contributed by atoms with Crippen molar-refractivity contribution < 1.29 is 5.11 Å². The van der Waals surface area contributed by atoms with Gasteiger partial charge in [-0.3, -0.25) is 4.90 Å². The normalized spacial score (nSPS) is 23.5. The van der Waals surface area contributed by atoms with Gasteiger partial charge in [-0.1, -0.05) is 6.92 Å². The predicted molar refractivity (Wildman–Crippen MR) is 71.4 cm³/mol. The lowest BCUT2D eigenvalue weighted by Crippen LogP contribution is -2.30. The summed E-state index contributed by atoms with van der Waals surface area (Å²) in [6.45, 7) is 7.90. The molecule has 2 atom stereocenters. The molecule has 17 heavy (non-hydrogen) atoms. The number of likely N-dealkylation sites (tertiary alicyclic amines) is 1. The molecule has 0 radical (unpaired) electrons. The standard InChI is InChI=1S/C13H22N2OS/c1-9(2)15-6-4-5-12(15)13-14-11(8-17-13)10(3)7-16/h8-10,12,16H,4-7H2,1-3H3. The van der Waals surface area contributed by atoms with Crippen LogP contribution in [-0.4, -0.2) is 34.2 Å². The summed E-state index contributed by atoms with van der Waals surface area (Å²) in [6, 6.07) is 1.09. The molecule has 96 valence electrons. The fourth-order valence-corrected chi connectivity index (χ4v) is 3.54. The van der Waals surface area contributed by atoms with Crippen LogP contribution in [0, 0.1) is 0 Å². The van der Waals surface area contributed by atoms with Gasteiger partial charge in [0, 0.05) is 17.3 Å². The SMILES string of the molecule is CC(CO)c1csc(C2CCCN2C(C)C)n1. The van der Waals surface area contributed by atoms with Crippen LogP contribution in [0.15, 0.2) is 5.38 Å². The number of hydrogen-bond donors (Lipinski definition) is 1. The van der Waals surface area contributed by atoms with E-state index in [4.69, 9.17) is 10.1 Å². The van der Waals surface area contributed by atoms with Crippen LogP contribution in [0.4, 0.5) is 0 Å². The number of aliphatic hydroxyl groups excluding tert-OH is 1. The summed E-state index contributed by atoms with van der Waals surface area (Å²) >= 11 is 1.75. The third kappa shape index (κ3) is 2.69. The summed E-state index contributed by atoms with van der Waals surface area (Å²) in [5, 5.41) is 12.5. The molecular formula is C13H22N2OS. The fourth-order valence-electron chi connectivity index (χ4n) is 2.45. The van der Waals surface area contributed by atoms with Gasteiger partial charge in [-0.25, -0.2) is 4.98 Å². The van der Waals surface area contributed by atoms with Gasteiger partial charge in [-0.05, 0) is 33.2 Å². The lowest BCUT2D eigenvalue weighted by Gasteiger charge is -2.26. The molecule has 1 aromatic heterocycles. The molecule has 1 fully saturated rings. The molecule has 1 saturated heterocycles. The minimum Gasteiger partial charge on any atom is -0.396 e. The van der Waals surface area contributed by atoms with Crippen molar-refractivity contribution in [2.24, 2.45) is 0 Å². The molecule has 2 rings (SSSR count). The first-order valence-electron chi connectivity index (χ1n) is 6.45. The van der Waals surface area contributed by atoms with E-state index in [9.17, 15) is 0 Å². The molecule has 0 saturated carbocycles. The highest BCUT2D eigenvalue weighted by molar-refractivity contribution is 7.09. The Morgan fingerprint density at radius 2 is 2.29 bits per heavy atom. The summed E-state index contributed by atoms with van der Waals surface area (Å²) in [6.07, 6.45) is 2.49. The lowest BCUT2D eigenvalue weighted by atomic mass is 10.1. The van der Waals surface area contributed by atoms with Gasteiger partial charge in [0.25, 0.3) is 0 Å². The molecular weight excluding hydrogens is 232 g/mol. The van der Waals surface area contributed by atoms with E-state index < -0.39 is 0 Å². The molecule has 0 amide bonds. The molecule has 1 aromatic rings. The minimum absolute atomic E-state index is 0.161. The van der Waals surface area contributed by atoms with Crippen molar-refractivity contribution in [3.05, 3.63) is 16.1 Å². The van der Waals surface area contributed by atoms with Crippen LogP contribution in [-0.2, 0) is 0 Å². The van der Waals surface area contributed by atoms with Gasteiger partial charge >= 0.3 is 0 Å². The number of hydrogen-bond acceptors (Lipinski definition) is 4. The Morgan fingerprint density at radius 1 is 1.53 bits per heavy atom. The molecule has 3 nitrogen and oxygen atoms in total. The summed E-state index contributed by atoms with van der Waals surface area (Å²) in [7, 11) is 0. The minimum atomic E-state index is 0.161. The highest BCUT2D eigenvalue weighted by atomic mass is 32.1. The molecule has 4 heteroatoms. The topological polar surface area (TPSA) is 36.4 Å². The fraction of sp³-hybridized carbons (Fsp3) is 0.769. The number of nitrogens with zero attached hydrogens (tertiary/aromatic N) is 2. The average Bonchev–Trinajstić information content (AvgIpc) is 2.95. The van der Waals surface area contributed by atoms with E-state index in [2.05, 4.69) is 24.1 Å². The van der Waals surface area contributed by atoms with Gasteiger partial charge in [-0.15, -0.1) is 11.3 Å². The monoisotopic (exact) mass is 254 g/mol. The van der Waals surface area contributed by atoms with Crippen LogP contribution >= 0.6 is 11.3 Å². The molecule has 1 aliphatic heterocycles. The van der Waals surface area contributed by atoms with Crippen molar-refractivity contribution >= 4 is 11.3 Å². The zero-order chi connectivity index (χ0) is 12.4. The number of aliphatic hydroxyl groups is 1. The summed E-state index contributed by atoms with van der Waals surface area (Å²) < 4.78 is 0. The van der Waals surface area contributed by atoms with E-state index in [0.29, 0.717) is 12.1 Å². The van der Waals surface area contributed by atoms with Crippen molar-refractivity contribution in [1.82, 2.24) is 9.88 Å². The Labute approximate surface area is 107 Å². The Kier molecular flexibility index (Phi) is 4.17. The van der Waals surface area contributed by atoms with Gasteiger partial charge in [0.1, 0.15) is 5.01 Å². The van der Waals surface area contributed by atoms with Crippen molar-refractivity contribution in [2.45, 2.75) is 51.6 Å². The lowest BCUT2D eigenvalue weighted by molar-refractivity contribution is 0.205. The maximum absolute atomic E-state index is 9.16. The largest absolute Gasteiger partial charge is 0.396 e. The average molecular weight is 254 g/mol. The zero-order valence-electron chi connectivity index (χ0n) is 10.9. The molecule has 2 unspecified atom stereocenters. The van der Waals surface area contributed by atoms with Gasteiger partial charge in [0.05, 0.1) is 18.3 Å². The Balaban J connectivity index is 2.14. The van der Waals surface area contributed by atoms with Crippen LogP contribution in [0.3, 0.4) is 0 Å². The van der Waals surface area contributed by atoms with E-state index in [-0.39, 0.29) is 12.5 Å². The second-order valence-electron chi connectivity index (χ2n) is 5.18. The van der Waals surface area contributed by atoms with Gasteiger partial charge < -0.3 is 5.11 Å². The number of rotatable bonds is 4. The van der Waals surface area contributed by atoms with E-state index in [1.807, 2.05) is 6.92 Å². The van der Waals surface area contributed by atoms with Crippen LogP contribution in [0.5, 0.6) is 0 Å². The van der Waals surface area contributed by atoms with Crippen LogP contribution in [0.1, 0.15) is 56.3 Å². The van der Waals surface area contributed by atoms with E-state index in [1.54, 1.807) is 11.3 Å². The van der Waals surface area contributed by atoms with Crippen molar-refractivity contribution in [3.63, 3.8) is 0 Å². The predicted octanol–water partition coefficient (Wildman–Crippen LogP) is 2.78. The second-order valence-corrected chi connectivity index (χ2v) is 6.07. The Morgan fingerprint density at radius 3 is 2.94 bits per heavy atom. The molecule has 1 N–H and O–H groups in total. The highest BCUT2D eigenvalue weighted by Crippen LogP contribution is 2.35. The third-order valence-electron chi connectivity index (χ3n) is 3.56. The quantitative estimate of drug-likeness (QED) is 0.897. The van der Waals surface area contributed by atoms with E-state index >= 15 is 0 Å². The molecule has 0 aromatic carbocycles. The smallest absolute Gasteiger partial charge is 0.110 e. The van der Waals surface area contributed by atoms with Gasteiger partial charge in [-0.2, -0.15) is 0 Å². The first-order chi connectivity index (χ1) is 8.13. The molecule has 0 spiro atoms. The molecule has 1 aliphatic rings. The van der Waals surface area contributed by atoms with Crippen molar-refractivity contribution in [2.75, 3.05) is 13.2 Å². The summed E-state index contributed by atoms with van der Waals surface area (Å²) in [4.78, 5) is 7.25. The molecule has 2 heterocycles. The number of thiazole rings is 1. The summed E-state index contributed by atoms with van der Waals surface area (Å²) in [5.41, 5.74) is 1.04. The second kappa shape index (κ2) is 5.46. The van der Waals surface area contributed by atoms with Crippen LogP contribution in [0.2, 0.25) is 0 Å². The van der Waals surface area contributed by atoms with Crippen LogP contribution in [0.25, 0.3) is 0 Å². The highest BCUT2D eigenvalue weighted by Gasteiger charge is 2.30. The van der Waals surface area contributed by atoms with Crippen LogP contribution < -0.4 is 0 Å².